The number of alkyl halides is 1. The van der Waals surface area contributed by atoms with Gasteiger partial charge in [0, 0.05) is 25.1 Å². The van der Waals surface area contributed by atoms with Gasteiger partial charge in [-0.25, -0.2) is 13.4 Å². The van der Waals surface area contributed by atoms with Gasteiger partial charge < -0.3 is 4.57 Å². The SMILES string of the molecule is Cc1ccc2c(c1)nc(CCCl)n2CC(C)(C)S(C)(=O)=O. The number of nitrogens with zero attached hydrogens (tertiary/aromatic N) is 2. The van der Waals surface area contributed by atoms with Crippen molar-refractivity contribution in [3.05, 3.63) is 29.6 Å². The molecule has 0 saturated carbocycles. The first-order valence-corrected chi connectivity index (χ1v) is 9.29. The number of benzene rings is 1. The summed E-state index contributed by atoms with van der Waals surface area (Å²) in [7, 11) is -3.17. The van der Waals surface area contributed by atoms with Crippen molar-refractivity contribution < 1.29 is 8.42 Å². The van der Waals surface area contributed by atoms with Crippen LogP contribution in [0.2, 0.25) is 0 Å². The lowest BCUT2D eigenvalue weighted by Crippen LogP contribution is -2.36. The van der Waals surface area contributed by atoms with Crippen LogP contribution in [0.1, 0.15) is 25.2 Å². The van der Waals surface area contributed by atoms with Gasteiger partial charge >= 0.3 is 0 Å². The van der Waals surface area contributed by atoms with Crippen molar-refractivity contribution in [2.24, 2.45) is 0 Å². The highest BCUT2D eigenvalue weighted by atomic mass is 35.5. The highest BCUT2D eigenvalue weighted by molar-refractivity contribution is 7.92. The number of halogens is 1. The lowest BCUT2D eigenvalue weighted by molar-refractivity contribution is 0.501. The highest BCUT2D eigenvalue weighted by Crippen LogP contribution is 2.24. The van der Waals surface area contributed by atoms with Gasteiger partial charge in [0.1, 0.15) is 5.82 Å². The van der Waals surface area contributed by atoms with Gasteiger partial charge in [0.05, 0.1) is 15.8 Å². The molecule has 0 N–H and O–H groups in total. The minimum absolute atomic E-state index is 0.373. The van der Waals surface area contributed by atoms with Crippen LogP contribution in [0.5, 0.6) is 0 Å². The molecule has 2 rings (SSSR count). The molecule has 1 aromatic heterocycles. The summed E-state index contributed by atoms with van der Waals surface area (Å²) >= 11 is 5.86. The number of sulfone groups is 1. The first-order chi connectivity index (χ1) is 9.65. The Balaban J connectivity index is 2.58. The van der Waals surface area contributed by atoms with Crippen molar-refractivity contribution >= 4 is 32.5 Å². The Morgan fingerprint density at radius 1 is 1.33 bits per heavy atom. The molecule has 0 aliphatic rings. The first-order valence-electron chi connectivity index (χ1n) is 6.87. The van der Waals surface area contributed by atoms with E-state index >= 15 is 0 Å². The summed E-state index contributed by atoms with van der Waals surface area (Å²) in [5.74, 6) is 1.30. The van der Waals surface area contributed by atoms with E-state index in [2.05, 4.69) is 4.98 Å². The number of aryl methyl sites for hydroxylation is 2. The molecule has 4 nitrogen and oxygen atoms in total. The van der Waals surface area contributed by atoms with Crippen molar-refractivity contribution in [1.29, 1.82) is 0 Å². The average Bonchev–Trinajstić information content (AvgIpc) is 2.65. The standard InChI is InChI=1S/C15H21ClN2O2S/c1-11-5-6-13-12(9-11)17-14(7-8-16)18(13)10-15(2,3)21(4,19)20/h5-6,9H,7-8,10H2,1-4H3. The molecular weight excluding hydrogens is 308 g/mol. The lowest BCUT2D eigenvalue weighted by atomic mass is 10.2. The molecule has 0 aliphatic heterocycles. The second-order valence-electron chi connectivity index (χ2n) is 6.08. The number of fused-ring (bicyclic) bond motifs is 1. The number of aromatic nitrogens is 2. The number of hydrogen-bond acceptors (Lipinski definition) is 3. The molecular formula is C15H21ClN2O2S. The molecule has 6 heteroatoms. The van der Waals surface area contributed by atoms with E-state index in [4.69, 9.17) is 11.6 Å². The van der Waals surface area contributed by atoms with Gasteiger partial charge in [0.15, 0.2) is 9.84 Å². The maximum Gasteiger partial charge on any atom is 0.154 e. The van der Waals surface area contributed by atoms with Crippen molar-refractivity contribution in [3.8, 4) is 0 Å². The average molecular weight is 329 g/mol. The molecule has 0 fully saturated rings. The van der Waals surface area contributed by atoms with Crippen LogP contribution in [0.25, 0.3) is 11.0 Å². The highest BCUT2D eigenvalue weighted by Gasteiger charge is 2.32. The monoisotopic (exact) mass is 328 g/mol. The summed E-state index contributed by atoms with van der Waals surface area (Å²) in [6.45, 7) is 5.87. The first kappa shape index (κ1) is 16.3. The van der Waals surface area contributed by atoms with E-state index in [0.29, 0.717) is 18.8 Å². The van der Waals surface area contributed by atoms with Gasteiger partial charge in [-0.3, -0.25) is 0 Å². The Bertz CT molecular complexity index is 763. The zero-order chi connectivity index (χ0) is 15.8. The van der Waals surface area contributed by atoms with Gasteiger partial charge in [0.25, 0.3) is 0 Å². The molecule has 116 valence electrons. The van der Waals surface area contributed by atoms with Crippen molar-refractivity contribution in [2.75, 3.05) is 12.1 Å². The van der Waals surface area contributed by atoms with Crippen LogP contribution >= 0.6 is 11.6 Å². The second kappa shape index (κ2) is 5.61. The van der Waals surface area contributed by atoms with E-state index in [1.54, 1.807) is 13.8 Å². The molecule has 0 amide bonds. The molecule has 0 saturated heterocycles. The number of hydrogen-bond donors (Lipinski definition) is 0. The van der Waals surface area contributed by atoms with E-state index in [9.17, 15) is 8.42 Å². The van der Waals surface area contributed by atoms with E-state index in [-0.39, 0.29) is 0 Å². The van der Waals surface area contributed by atoms with Crippen LogP contribution in [0.3, 0.4) is 0 Å². The third-order valence-electron chi connectivity index (χ3n) is 3.84. The smallest absolute Gasteiger partial charge is 0.154 e. The molecule has 0 radical (unpaired) electrons. The Hall–Kier alpha value is -1.07. The molecule has 0 spiro atoms. The summed E-state index contributed by atoms with van der Waals surface area (Å²) in [6, 6.07) is 6.02. The Kier molecular flexibility index (Phi) is 4.36. The maximum atomic E-state index is 12.0. The van der Waals surface area contributed by atoms with E-state index < -0.39 is 14.6 Å². The molecule has 0 atom stereocenters. The fraction of sp³-hybridized carbons (Fsp3) is 0.533. The van der Waals surface area contributed by atoms with Gasteiger partial charge in [0.2, 0.25) is 0 Å². The summed E-state index contributed by atoms with van der Waals surface area (Å²) in [4.78, 5) is 4.61. The number of rotatable bonds is 5. The molecule has 21 heavy (non-hydrogen) atoms. The van der Waals surface area contributed by atoms with Gasteiger partial charge in [-0.2, -0.15) is 0 Å². The second-order valence-corrected chi connectivity index (χ2v) is 9.10. The predicted octanol–water partition coefficient (Wildman–Crippen LogP) is 2.95. The molecule has 2 aromatic rings. The number of imidazole rings is 1. The summed E-state index contributed by atoms with van der Waals surface area (Å²) in [5.41, 5.74) is 2.98. The van der Waals surface area contributed by atoms with Crippen LogP contribution < -0.4 is 0 Å². The van der Waals surface area contributed by atoms with Crippen LogP contribution in [-0.2, 0) is 22.8 Å². The quantitative estimate of drug-likeness (QED) is 0.793. The molecule has 1 heterocycles. The molecule has 0 unspecified atom stereocenters. The summed E-state index contributed by atoms with van der Waals surface area (Å²) < 4.78 is 25.1. The predicted molar refractivity (Wildman–Crippen MR) is 87.8 cm³/mol. The van der Waals surface area contributed by atoms with Gasteiger partial charge in [-0.1, -0.05) is 6.07 Å². The minimum atomic E-state index is -3.17. The van der Waals surface area contributed by atoms with E-state index in [0.717, 1.165) is 22.4 Å². The minimum Gasteiger partial charge on any atom is -0.326 e. The Labute approximate surface area is 131 Å². The Morgan fingerprint density at radius 2 is 2.00 bits per heavy atom. The van der Waals surface area contributed by atoms with Crippen LogP contribution in [0.4, 0.5) is 0 Å². The van der Waals surface area contributed by atoms with Crippen molar-refractivity contribution in [2.45, 2.75) is 38.5 Å². The Morgan fingerprint density at radius 3 is 2.57 bits per heavy atom. The van der Waals surface area contributed by atoms with Crippen molar-refractivity contribution in [3.63, 3.8) is 0 Å². The zero-order valence-corrected chi connectivity index (χ0v) is 14.4. The third kappa shape index (κ3) is 3.24. The molecule has 1 aromatic carbocycles. The third-order valence-corrected chi connectivity index (χ3v) is 6.17. The van der Waals surface area contributed by atoms with E-state index in [1.165, 1.54) is 6.26 Å². The van der Waals surface area contributed by atoms with Crippen LogP contribution in [-0.4, -0.2) is 34.9 Å². The summed E-state index contributed by atoms with van der Waals surface area (Å²) in [6.07, 6.45) is 1.90. The fourth-order valence-corrected chi connectivity index (χ4v) is 2.77. The molecule has 0 aliphatic carbocycles. The van der Waals surface area contributed by atoms with Crippen molar-refractivity contribution in [1.82, 2.24) is 9.55 Å². The topological polar surface area (TPSA) is 52.0 Å². The lowest BCUT2D eigenvalue weighted by Gasteiger charge is -2.24. The van der Waals surface area contributed by atoms with Gasteiger partial charge in [-0.15, -0.1) is 11.6 Å². The van der Waals surface area contributed by atoms with Crippen LogP contribution in [0, 0.1) is 6.92 Å². The summed E-state index contributed by atoms with van der Waals surface area (Å²) in [5, 5.41) is 0. The van der Waals surface area contributed by atoms with Crippen LogP contribution in [0.15, 0.2) is 18.2 Å². The zero-order valence-electron chi connectivity index (χ0n) is 12.9. The van der Waals surface area contributed by atoms with E-state index in [1.807, 2.05) is 29.7 Å². The fourth-order valence-electron chi connectivity index (χ4n) is 2.24. The maximum absolute atomic E-state index is 12.0. The van der Waals surface area contributed by atoms with Gasteiger partial charge in [-0.05, 0) is 38.5 Å². The molecule has 0 bridgehead atoms. The normalized spacial score (nSPS) is 13.0. The largest absolute Gasteiger partial charge is 0.326 e.